The zero-order valence-corrected chi connectivity index (χ0v) is 18.6. The lowest BCUT2D eigenvalue weighted by molar-refractivity contribution is -0.141. The lowest BCUT2D eigenvalue weighted by Crippen LogP contribution is -2.36. The monoisotopic (exact) mass is 445 g/mol. The Hall–Kier alpha value is -4.20. The molecule has 0 radical (unpaired) electrons. The zero-order valence-electron chi connectivity index (χ0n) is 18.6. The van der Waals surface area contributed by atoms with Gasteiger partial charge >= 0.3 is 5.97 Å². The molecule has 0 aliphatic carbocycles. The van der Waals surface area contributed by atoms with Crippen LogP contribution >= 0.6 is 0 Å². The maximum atomic E-state index is 13.4. The van der Waals surface area contributed by atoms with Crippen LogP contribution in [0, 0.1) is 6.92 Å². The number of esters is 1. The minimum atomic E-state index is -0.543. The van der Waals surface area contributed by atoms with Crippen LogP contribution in [0.4, 0.5) is 0 Å². The highest BCUT2D eigenvalue weighted by atomic mass is 16.5. The fourth-order valence-corrected chi connectivity index (χ4v) is 3.44. The van der Waals surface area contributed by atoms with E-state index in [9.17, 15) is 9.59 Å². The first-order valence-corrected chi connectivity index (χ1v) is 10.3. The zero-order chi connectivity index (χ0) is 23.4. The van der Waals surface area contributed by atoms with Crippen LogP contribution in [-0.2, 0) is 16.1 Å². The molecule has 4 rings (SSSR count). The number of ether oxygens (including phenoxy) is 2. The van der Waals surface area contributed by atoms with Crippen LogP contribution in [-0.4, -0.2) is 47.5 Å². The first-order chi connectivity index (χ1) is 16.0. The summed E-state index contributed by atoms with van der Waals surface area (Å²) in [5.41, 5.74) is 2.24. The highest BCUT2D eigenvalue weighted by molar-refractivity contribution is 5.95. The van der Waals surface area contributed by atoms with Gasteiger partial charge < -0.3 is 18.8 Å². The Morgan fingerprint density at radius 1 is 1.00 bits per heavy atom. The molecule has 0 unspecified atom stereocenters. The average Bonchev–Trinajstić information content (AvgIpc) is 3.24. The maximum absolute atomic E-state index is 13.4. The summed E-state index contributed by atoms with van der Waals surface area (Å²) in [6.45, 7) is 1.53. The normalized spacial score (nSPS) is 10.8. The van der Waals surface area contributed by atoms with Crippen molar-refractivity contribution in [1.29, 1.82) is 0 Å². The number of carbonyl (C=O) groups excluding carboxylic acids is 2. The number of methoxy groups -OCH3 is 2. The van der Waals surface area contributed by atoms with Crippen molar-refractivity contribution in [2.75, 3.05) is 20.8 Å². The van der Waals surface area contributed by atoms with Crippen molar-refractivity contribution in [3.63, 3.8) is 0 Å². The van der Waals surface area contributed by atoms with E-state index in [-0.39, 0.29) is 24.7 Å². The number of benzene rings is 2. The van der Waals surface area contributed by atoms with Crippen molar-refractivity contribution in [1.82, 2.24) is 14.9 Å². The van der Waals surface area contributed by atoms with E-state index >= 15 is 0 Å². The second-order valence-corrected chi connectivity index (χ2v) is 7.39. The van der Waals surface area contributed by atoms with E-state index in [1.54, 1.807) is 26.2 Å². The van der Waals surface area contributed by atoms with Gasteiger partial charge in [0.05, 0.1) is 32.0 Å². The highest BCUT2D eigenvalue weighted by Gasteiger charge is 2.26. The number of hydrogen-bond donors (Lipinski definition) is 0. The molecule has 0 saturated carbocycles. The molecule has 8 nitrogen and oxygen atoms in total. The summed E-state index contributed by atoms with van der Waals surface area (Å²) in [7, 11) is 2.85. The molecule has 2 aromatic heterocycles. The smallest absolute Gasteiger partial charge is 0.325 e. The predicted octanol–water partition coefficient (Wildman–Crippen LogP) is 4.02. The number of rotatable bonds is 7. The molecule has 33 heavy (non-hydrogen) atoms. The number of oxazole rings is 1. The SMILES string of the molecule is COC(=O)CN(Cc1ccc2ccccc2n1)C(=O)c1nc(-c2cccc(OC)c2)oc1C. The van der Waals surface area contributed by atoms with Crippen LogP contribution in [0.3, 0.4) is 0 Å². The molecule has 4 aromatic rings. The molecule has 0 N–H and O–H groups in total. The van der Waals surface area contributed by atoms with Gasteiger partial charge in [0, 0.05) is 10.9 Å². The number of fused-ring (bicyclic) bond motifs is 1. The number of amides is 1. The Kier molecular flexibility index (Phi) is 6.35. The molecule has 0 spiro atoms. The third-order valence-electron chi connectivity index (χ3n) is 5.16. The van der Waals surface area contributed by atoms with E-state index in [0.717, 1.165) is 10.9 Å². The van der Waals surface area contributed by atoms with E-state index in [1.807, 2.05) is 48.5 Å². The van der Waals surface area contributed by atoms with Crippen LogP contribution in [0.15, 0.2) is 65.1 Å². The van der Waals surface area contributed by atoms with Crippen LogP contribution in [0.25, 0.3) is 22.4 Å². The summed E-state index contributed by atoms with van der Waals surface area (Å²) in [6.07, 6.45) is 0. The quantitative estimate of drug-likeness (QED) is 0.397. The molecular formula is C25H23N3O5. The predicted molar refractivity (Wildman–Crippen MR) is 122 cm³/mol. The van der Waals surface area contributed by atoms with Crippen molar-refractivity contribution in [3.8, 4) is 17.2 Å². The Labute approximate surface area is 190 Å². The van der Waals surface area contributed by atoms with E-state index in [2.05, 4.69) is 9.97 Å². The third kappa shape index (κ3) is 4.85. The fourth-order valence-electron chi connectivity index (χ4n) is 3.44. The molecule has 2 aromatic carbocycles. The minimum absolute atomic E-state index is 0.111. The van der Waals surface area contributed by atoms with Crippen molar-refractivity contribution < 1.29 is 23.5 Å². The van der Waals surface area contributed by atoms with Gasteiger partial charge in [0.25, 0.3) is 5.91 Å². The van der Waals surface area contributed by atoms with Gasteiger partial charge in [-0.1, -0.05) is 30.3 Å². The molecular weight excluding hydrogens is 422 g/mol. The molecule has 0 atom stereocenters. The number of hydrogen-bond acceptors (Lipinski definition) is 7. The van der Waals surface area contributed by atoms with Gasteiger partial charge in [0.2, 0.25) is 5.89 Å². The van der Waals surface area contributed by atoms with Crippen LogP contribution in [0.1, 0.15) is 21.9 Å². The van der Waals surface area contributed by atoms with Crippen molar-refractivity contribution in [2.45, 2.75) is 13.5 Å². The molecule has 0 saturated heterocycles. The standard InChI is InChI=1S/C25H23N3O5/c1-16-23(27-24(33-16)18-8-6-9-20(13-18)31-2)25(30)28(15-22(29)32-3)14-19-12-11-17-7-4-5-10-21(17)26-19/h4-13H,14-15H2,1-3H3. The molecule has 0 fully saturated rings. The maximum Gasteiger partial charge on any atom is 0.325 e. The number of para-hydroxylation sites is 1. The van der Waals surface area contributed by atoms with Crippen molar-refractivity contribution in [3.05, 3.63) is 77.8 Å². The van der Waals surface area contributed by atoms with Gasteiger partial charge in [-0.15, -0.1) is 0 Å². The Morgan fingerprint density at radius 3 is 2.61 bits per heavy atom. The summed E-state index contributed by atoms with van der Waals surface area (Å²) in [6, 6.07) is 18.6. The lowest BCUT2D eigenvalue weighted by atomic mass is 10.2. The number of aryl methyl sites for hydroxylation is 1. The molecule has 8 heteroatoms. The van der Waals surface area contributed by atoms with Crippen LogP contribution in [0.5, 0.6) is 5.75 Å². The van der Waals surface area contributed by atoms with Crippen LogP contribution in [0.2, 0.25) is 0 Å². The van der Waals surface area contributed by atoms with Crippen molar-refractivity contribution >= 4 is 22.8 Å². The van der Waals surface area contributed by atoms with E-state index < -0.39 is 11.9 Å². The molecule has 2 heterocycles. The summed E-state index contributed by atoms with van der Waals surface area (Å²) < 4.78 is 15.8. The van der Waals surface area contributed by atoms with E-state index in [0.29, 0.717) is 22.8 Å². The number of aromatic nitrogens is 2. The average molecular weight is 445 g/mol. The molecule has 0 bridgehead atoms. The topological polar surface area (TPSA) is 94.8 Å². The van der Waals surface area contributed by atoms with Gasteiger partial charge in [-0.3, -0.25) is 14.6 Å². The summed E-state index contributed by atoms with van der Waals surface area (Å²) in [5, 5.41) is 0.988. The Morgan fingerprint density at radius 2 is 1.82 bits per heavy atom. The number of carbonyl (C=O) groups is 2. The summed E-state index contributed by atoms with van der Waals surface area (Å²) >= 11 is 0. The molecule has 0 aliphatic heterocycles. The summed E-state index contributed by atoms with van der Waals surface area (Å²) in [4.78, 5) is 35.8. The van der Waals surface area contributed by atoms with E-state index in [1.165, 1.54) is 12.0 Å². The summed E-state index contributed by atoms with van der Waals surface area (Å²) in [5.74, 6) is 0.283. The second kappa shape index (κ2) is 9.52. The molecule has 1 amide bonds. The minimum Gasteiger partial charge on any atom is -0.497 e. The number of pyridine rings is 1. The van der Waals surface area contributed by atoms with Gasteiger partial charge in [-0.25, -0.2) is 4.98 Å². The second-order valence-electron chi connectivity index (χ2n) is 7.39. The van der Waals surface area contributed by atoms with E-state index in [4.69, 9.17) is 13.9 Å². The van der Waals surface area contributed by atoms with Gasteiger partial charge in [-0.2, -0.15) is 0 Å². The first-order valence-electron chi connectivity index (χ1n) is 10.3. The van der Waals surface area contributed by atoms with Crippen molar-refractivity contribution in [2.24, 2.45) is 0 Å². The first kappa shape index (κ1) is 22.0. The van der Waals surface area contributed by atoms with Crippen LogP contribution < -0.4 is 4.74 Å². The number of nitrogens with zero attached hydrogens (tertiary/aromatic N) is 3. The Balaban J connectivity index is 1.64. The molecule has 168 valence electrons. The Bertz CT molecular complexity index is 1310. The van der Waals surface area contributed by atoms with Gasteiger partial charge in [0.1, 0.15) is 18.1 Å². The lowest BCUT2D eigenvalue weighted by Gasteiger charge is -2.20. The highest BCUT2D eigenvalue weighted by Crippen LogP contribution is 2.26. The third-order valence-corrected chi connectivity index (χ3v) is 5.16. The largest absolute Gasteiger partial charge is 0.497 e. The van der Waals surface area contributed by atoms with Gasteiger partial charge in [0.15, 0.2) is 5.69 Å². The van der Waals surface area contributed by atoms with Gasteiger partial charge in [-0.05, 0) is 37.3 Å². The molecule has 0 aliphatic rings. The fraction of sp³-hybridized carbons (Fsp3) is 0.200.